The SMILES string of the molecule is CC1(C)c2ccccc2N2c3ccc(-c4ccc(-c5cccc6ccccc56)cc4)cc3C(C)(C)c3cc(-c4ccc(-c5cccc6ccccc56)cc4)cc1c32. The molecule has 11 rings (SSSR count). The Morgan fingerprint density at radius 1 is 0.316 bits per heavy atom. The molecule has 1 heteroatoms. The second-order valence-corrected chi connectivity index (χ2v) is 17.0. The molecule has 9 aromatic rings. The third-order valence-corrected chi connectivity index (χ3v) is 13.0. The molecule has 0 aromatic heterocycles. The molecular formula is C56H43N. The van der Waals surface area contributed by atoms with Crippen molar-refractivity contribution in [2.24, 2.45) is 0 Å². The average molecular weight is 730 g/mol. The monoisotopic (exact) mass is 729 g/mol. The van der Waals surface area contributed by atoms with Gasteiger partial charge in [-0.25, -0.2) is 0 Å². The molecule has 0 saturated heterocycles. The summed E-state index contributed by atoms with van der Waals surface area (Å²) in [5, 5.41) is 5.10. The Balaban J connectivity index is 1.04. The van der Waals surface area contributed by atoms with Crippen molar-refractivity contribution in [1.82, 2.24) is 0 Å². The normalized spacial score (nSPS) is 14.6. The maximum atomic E-state index is 2.56. The van der Waals surface area contributed by atoms with Gasteiger partial charge < -0.3 is 4.90 Å². The molecule has 9 aromatic carbocycles. The van der Waals surface area contributed by atoms with E-state index in [9.17, 15) is 0 Å². The summed E-state index contributed by atoms with van der Waals surface area (Å²) in [6.07, 6.45) is 0. The third kappa shape index (κ3) is 5.08. The summed E-state index contributed by atoms with van der Waals surface area (Å²) < 4.78 is 0. The Hall–Kier alpha value is -6.70. The molecule has 0 radical (unpaired) electrons. The number of fused-ring (bicyclic) bond motifs is 6. The molecule has 57 heavy (non-hydrogen) atoms. The summed E-state index contributed by atoms with van der Waals surface area (Å²) in [5.41, 5.74) is 18.8. The minimum absolute atomic E-state index is 0.185. The van der Waals surface area contributed by atoms with E-state index in [1.807, 2.05) is 0 Å². The zero-order chi connectivity index (χ0) is 38.5. The standard InChI is InChI=1S/C56H43N/c1-55(2)48-21-9-10-22-52(48)57-53-32-31-42(36-23-27-40(28-24-36)46-19-11-15-38-13-5-7-17-44(38)46)33-49(53)56(3,4)51-35-43(34-50(55)54(51)57)37-25-29-41(30-26-37)47-20-12-16-39-14-6-8-18-45(39)47/h5-35H,1-4H3. The summed E-state index contributed by atoms with van der Waals surface area (Å²) >= 11 is 0. The summed E-state index contributed by atoms with van der Waals surface area (Å²) in [4.78, 5) is 2.56. The van der Waals surface area contributed by atoms with Crippen LogP contribution in [0.2, 0.25) is 0 Å². The van der Waals surface area contributed by atoms with Gasteiger partial charge in [0.1, 0.15) is 0 Å². The molecule has 0 N–H and O–H groups in total. The van der Waals surface area contributed by atoms with Crippen LogP contribution in [-0.4, -0.2) is 0 Å². The van der Waals surface area contributed by atoms with Crippen LogP contribution in [-0.2, 0) is 10.8 Å². The van der Waals surface area contributed by atoms with E-state index in [4.69, 9.17) is 0 Å². The quantitative estimate of drug-likeness (QED) is 0.174. The molecule has 2 heterocycles. The van der Waals surface area contributed by atoms with E-state index >= 15 is 0 Å². The van der Waals surface area contributed by atoms with Crippen molar-refractivity contribution in [3.05, 3.63) is 210 Å². The van der Waals surface area contributed by atoms with Crippen molar-refractivity contribution in [3.63, 3.8) is 0 Å². The largest absolute Gasteiger partial charge is 0.309 e. The first-order chi connectivity index (χ1) is 27.8. The summed E-state index contributed by atoms with van der Waals surface area (Å²) in [6, 6.07) is 70.0. The Labute approximate surface area is 335 Å². The third-order valence-electron chi connectivity index (χ3n) is 13.0. The maximum absolute atomic E-state index is 2.56. The second kappa shape index (κ2) is 12.4. The molecule has 2 aliphatic rings. The van der Waals surface area contributed by atoms with Crippen LogP contribution >= 0.6 is 0 Å². The number of anilines is 3. The highest BCUT2D eigenvalue weighted by molar-refractivity contribution is 5.99. The van der Waals surface area contributed by atoms with Gasteiger partial charge in [0.2, 0.25) is 0 Å². The van der Waals surface area contributed by atoms with E-state index in [0.717, 1.165) is 0 Å². The van der Waals surface area contributed by atoms with Crippen LogP contribution in [0.1, 0.15) is 49.9 Å². The van der Waals surface area contributed by atoms with E-state index in [-0.39, 0.29) is 10.8 Å². The lowest BCUT2D eigenvalue weighted by Gasteiger charge is -2.49. The fourth-order valence-electron chi connectivity index (χ4n) is 9.90. The zero-order valence-electron chi connectivity index (χ0n) is 32.8. The number of nitrogens with zero attached hydrogens (tertiary/aromatic N) is 1. The molecule has 0 aliphatic carbocycles. The van der Waals surface area contributed by atoms with Gasteiger partial charge in [0.25, 0.3) is 0 Å². The van der Waals surface area contributed by atoms with E-state index in [1.165, 1.54) is 105 Å². The van der Waals surface area contributed by atoms with Gasteiger partial charge in [0.05, 0.1) is 17.1 Å². The van der Waals surface area contributed by atoms with Crippen LogP contribution in [0.25, 0.3) is 66.1 Å². The molecule has 0 saturated carbocycles. The molecule has 0 bridgehead atoms. The lowest BCUT2D eigenvalue weighted by molar-refractivity contribution is 0.598. The molecule has 0 atom stereocenters. The van der Waals surface area contributed by atoms with Crippen molar-refractivity contribution in [3.8, 4) is 44.5 Å². The predicted molar refractivity (Wildman–Crippen MR) is 242 cm³/mol. The van der Waals surface area contributed by atoms with Gasteiger partial charge in [-0.15, -0.1) is 0 Å². The van der Waals surface area contributed by atoms with E-state index in [1.54, 1.807) is 0 Å². The van der Waals surface area contributed by atoms with Gasteiger partial charge in [-0.3, -0.25) is 0 Å². The number of para-hydroxylation sites is 1. The van der Waals surface area contributed by atoms with Crippen LogP contribution in [0.15, 0.2) is 188 Å². The molecular weight excluding hydrogens is 687 g/mol. The Morgan fingerprint density at radius 2 is 0.737 bits per heavy atom. The minimum atomic E-state index is -0.254. The van der Waals surface area contributed by atoms with Crippen LogP contribution in [0, 0.1) is 0 Å². The smallest absolute Gasteiger partial charge is 0.0544 e. The number of hydrogen-bond acceptors (Lipinski definition) is 1. The van der Waals surface area contributed by atoms with Gasteiger partial charge in [-0.2, -0.15) is 0 Å². The van der Waals surface area contributed by atoms with Gasteiger partial charge in [-0.05, 0) is 119 Å². The lowest BCUT2D eigenvalue weighted by Crippen LogP contribution is -2.38. The molecule has 0 amide bonds. The topological polar surface area (TPSA) is 3.24 Å². The maximum Gasteiger partial charge on any atom is 0.0544 e. The second-order valence-electron chi connectivity index (χ2n) is 17.0. The first-order valence-electron chi connectivity index (χ1n) is 20.2. The fourth-order valence-corrected chi connectivity index (χ4v) is 9.90. The average Bonchev–Trinajstić information content (AvgIpc) is 3.26. The van der Waals surface area contributed by atoms with E-state index in [0.29, 0.717) is 0 Å². The Morgan fingerprint density at radius 3 is 1.33 bits per heavy atom. The van der Waals surface area contributed by atoms with Gasteiger partial charge in [-0.1, -0.05) is 185 Å². The van der Waals surface area contributed by atoms with Crippen molar-refractivity contribution in [2.45, 2.75) is 38.5 Å². The predicted octanol–water partition coefficient (Wildman–Crippen LogP) is 15.4. The zero-order valence-corrected chi connectivity index (χ0v) is 32.8. The van der Waals surface area contributed by atoms with Gasteiger partial charge in [0.15, 0.2) is 0 Å². The number of rotatable bonds is 4. The van der Waals surface area contributed by atoms with Crippen LogP contribution in [0.5, 0.6) is 0 Å². The highest BCUT2D eigenvalue weighted by Gasteiger charge is 2.45. The molecule has 0 fully saturated rings. The summed E-state index contributed by atoms with van der Waals surface area (Å²) in [7, 11) is 0. The number of benzene rings is 9. The molecule has 1 nitrogen and oxygen atoms in total. The van der Waals surface area contributed by atoms with Crippen molar-refractivity contribution >= 4 is 38.6 Å². The lowest BCUT2D eigenvalue weighted by atomic mass is 9.65. The molecule has 0 unspecified atom stereocenters. The fraction of sp³-hybridized carbons (Fsp3) is 0.107. The van der Waals surface area contributed by atoms with Crippen molar-refractivity contribution < 1.29 is 0 Å². The molecule has 2 aliphatic heterocycles. The first kappa shape index (κ1) is 33.6. The molecule has 0 spiro atoms. The Kier molecular flexibility index (Phi) is 7.32. The van der Waals surface area contributed by atoms with Crippen molar-refractivity contribution in [1.29, 1.82) is 0 Å². The molecule has 272 valence electrons. The highest BCUT2D eigenvalue weighted by Crippen LogP contribution is 2.61. The highest BCUT2D eigenvalue weighted by atomic mass is 15.2. The Bertz CT molecular complexity index is 3040. The van der Waals surface area contributed by atoms with Gasteiger partial charge in [0, 0.05) is 10.8 Å². The van der Waals surface area contributed by atoms with E-state index < -0.39 is 0 Å². The first-order valence-corrected chi connectivity index (χ1v) is 20.2. The summed E-state index contributed by atoms with van der Waals surface area (Å²) in [6.45, 7) is 9.65. The van der Waals surface area contributed by atoms with Gasteiger partial charge >= 0.3 is 0 Å². The van der Waals surface area contributed by atoms with Crippen LogP contribution in [0.4, 0.5) is 17.1 Å². The van der Waals surface area contributed by atoms with Crippen molar-refractivity contribution in [2.75, 3.05) is 4.90 Å². The summed E-state index contributed by atoms with van der Waals surface area (Å²) in [5.74, 6) is 0. The van der Waals surface area contributed by atoms with Crippen LogP contribution in [0.3, 0.4) is 0 Å². The van der Waals surface area contributed by atoms with E-state index in [2.05, 4.69) is 221 Å². The van der Waals surface area contributed by atoms with Crippen LogP contribution < -0.4 is 4.90 Å². The number of hydrogen-bond donors (Lipinski definition) is 0. The minimum Gasteiger partial charge on any atom is -0.309 e.